The summed E-state index contributed by atoms with van der Waals surface area (Å²) in [6.07, 6.45) is 3.21. The Balaban J connectivity index is 2.28. The summed E-state index contributed by atoms with van der Waals surface area (Å²) in [4.78, 5) is 3.87. The number of hydrogen-bond donors (Lipinski definition) is 2. The zero-order chi connectivity index (χ0) is 11.4. The van der Waals surface area contributed by atoms with Crippen LogP contribution in [0.4, 0.5) is 0 Å². The molecule has 0 bridgehead atoms. The van der Waals surface area contributed by atoms with Crippen molar-refractivity contribution in [2.75, 3.05) is 0 Å². The van der Waals surface area contributed by atoms with Crippen LogP contribution in [0.25, 0.3) is 0 Å². The van der Waals surface area contributed by atoms with Gasteiger partial charge < -0.3 is 14.8 Å². The largest absolute Gasteiger partial charge is 0.492 e. The first kappa shape index (κ1) is 10.7. The van der Waals surface area contributed by atoms with Gasteiger partial charge in [0.2, 0.25) is 0 Å². The molecule has 0 aliphatic rings. The lowest BCUT2D eigenvalue weighted by atomic mass is 9.79. The zero-order valence-electron chi connectivity index (χ0n) is 8.45. The van der Waals surface area contributed by atoms with Crippen molar-refractivity contribution in [2.24, 2.45) is 0 Å². The van der Waals surface area contributed by atoms with Crippen LogP contribution in [0.5, 0.6) is 11.5 Å². The van der Waals surface area contributed by atoms with E-state index in [1.54, 1.807) is 48.8 Å². The summed E-state index contributed by atoms with van der Waals surface area (Å²) in [5.41, 5.74) is 0.333. The van der Waals surface area contributed by atoms with Crippen molar-refractivity contribution < 1.29 is 14.8 Å². The maximum atomic E-state index is 9.15. The minimum absolute atomic E-state index is 0.333. The molecular weight excluding hydrogens is 205 g/mol. The van der Waals surface area contributed by atoms with Crippen molar-refractivity contribution in [3.05, 3.63) is 48.8 Å². The third kappa shape index (κ3) is 2.39. The van der Waals surface area contributed by atoms with Crippen LogP contribution in [0.3, 0.4) is 0 Å². The lowest BCUT2D eigenvalue weighted by Gasteiger charge is -2.09. The van der Waals surface area contributed by atoms with Crippen LogP contribution in [0.2, 0.25) is 0 Å². The van der Waals surface area contributed by atoms with E-state index in [0.717, 1.165) is 0 Å². The number of hydrogen-bond acceptors (Lipinski definition) is 4. The first-order valence-corrected chi connectivity index (χ1v) is 4.80. The van der Waals surface area contributed by atoms with Crippen LogP contribution < -0.4 is 10.2 Å². The molecule has 0 amide bonds. The maximum Gasteiger partial charge on any atom is 0.492 e. The number of benzene rings is 1. The fraction of sp³-hybridized carbons (Fsp3) is 0. The molecule has 2 N–H and O–H groups in total. The van der Waals surface area contributed by atoms with E-state index in [0.29, 0.717) is 17.0 Å². The van der Waals surface area contributed by atoms with Gasteiger partial charge in [0.1, 0.15) is 11.5 Å². The average molecular weight is 215 g/mol. The number of nitrogens with zero attached hydrogens (tertiary/aromatic N) is 1. The summed E-state index contributed by atoms with van der Waals surface area (Å²) in [5.74, 6) is 1.02. The molecule has 1 heterocycles. The minimum atomic E-state index is -1.54. The highest BCUT2D eigenvalue weighted by atomic mass is 16.5. The smallest absolute Gasteiger partial charge is 0.458 e. The van der Waals surface area contributed by atoms with E-state index in [4.69, 9.17) is 14.8 Å². The maximum absolute atomic E-state index is 9.15. The van der Waals surface area contributed by atoms with E-state index < -0.39 is 7.12 Å². The summed E-state index contributed by atoms with van der Waals surface area (Å²) < 4.78 is 5.51. The Morgan fingerprint density at radius 3 is 2.38 bits per heavy atom. The van der Waals surface area contributed by atoms with Gasteiger partial charge in [0, 0.05) is 17.9 Å². The van der Waals surface area contributed by atoms with Crippen molar-refractivity contribution in [3.8, 4) is 11.5 Å². The third-order valence-electron chi connectivity index (χ3n) is 2.07. The van der Waals surface area contributed by atoms with Crippen molar-refractivity contribution in [2.45, 2.75) is 0 Å². The Kier molecular flexibility index (Phi) is 3.19. The molecule has 0 saturated carbocycles. The fourth-order valence-corrected chi connectivity index (χ4v) is 1.32. The van der Waals surface area contributed by atoms with Crippen molar-refractivity contribution in [1.82, 2.24) is 4.98 Å². The third-order valence-corrected chi connectivity index (χ3v) is 2.07. The van der Waals surface area contributed by atoms with Gasteiger partial charge in [-0.05, 0) is 18.2 Å². The lowest BCUT2D eigenvalue weighted by Crippen LogP contribution is -2.30. The summed E-state index contributed by atoms with van der Waals surface area (Å²) >= 11 is 0. The molecular formula is C11H10BNO3. The molecule has 0 aliphatic heterocycles. The molecule has 0 fully saturated rings. The molecule has 2 aromatic rings. The van der Waals surface area contributed by atoms with Gasteiger partial charge in [0.25, 0.3) is 0 Å². The molecule has 16 heavy (non-hydrogen) atoms. The Bertz CT molecular complexity index is 462. The molecule has 1 aromatic carbocycles. The second-order valence-corrected chi connectivity index (χ2v) is 3.20. The molecule has 0 radical (unpaired) electrons. The van der Waals surface area contributed by atoms with Crippen LogP contribution in [0.1, 0.15) is 0 Å². The highest BCUT2D eigenvalue weighted by Gasteiger charge is 2.16. The normalized spacial score (nSPS) is 9.88. The van der Waals surface area contributed by atoms with Gasteiger partial charge in [0.05, 0.1) is 0 Å². The number of rotatable bonds is 3. The molecule has 80 valence electrons. The Morgan fingerprint density at radius 2 is 1.69 bits per heavy atom. The van der Waals surface area contributed by atoms with E-state index >= 15 is 0 Å². The molecule has 0 saturated heterocycles. The van der Waals surface area contributed by atoms with Crippen LogP contribution >= 0.6 is 0 Å². The first-order chi connectivity index (χ1) is 7.77. The van der Waals surface area contributed by atoms with Gasteiger partial charge in [-0.2, -0.15) is 0 Å². The second-order valence-electron chi connectivity index (χ2n) is 3.20. The van der Waals surface area contributed by atoms with Gasteiger partial charge in [0.15, 0.2) is 0 Å². The predicted octanol–water partition coefficient (Wildman–Crippen LogP) is 0.554. The van der Waals surface area contributed by atoms with Crippen molar-refractivity contribution in [1.29, 1.82) is 0 Å². The van der Waals surface area contributed by atoms with E-state index in [2.05, 4.69) is 4.98 Å². The number of ether oxygens (including phenoxy) is 1. The second kappa shape index (κ2) is 4.78. The van der Waals surface area contributed by atoms with E-state index in [1.807, 2.05) is 0 Å². The molecule has 0 spiro atoms. The Hall–Kier alpha value is -1.85. The van der Waals surface area contributed by atoms with Crippen molar-refractivity contribution >= 4 is 12.6 Å². The minimum Gasteiger partial charge on any atom is -0.458 e. The fourth-order valence-electron chi connectivity index (χ4n) is 1.32. The molecule has 0 aliphatic carbocycles. The summed E-state index contributed by atoms with van der Waals surface area (Å²) in [6.45, 7) is 0. The molecule has 0 atom stereocenters. The first-order valence-electron chi connectivity index (χ1n) is 4.80. The predicted molar refractivity (Wildman–Crippen MR) is 60.6 cm³/mol. The standard InChI is InChI=1S/C11H10BNO3/c14-12(15)10-3-1-2-4-11(10)16-9-5-7-13-8-6-9/h1-8,14-15H. The highest BCUT2D eigenvalue weighted by Crippen LogP contribution is 2.18. The van der Waals surface area contributed by atoms with Gasteiger partial charge >= 0.3 is 7.12 Å². The van der Waals surface area contributed by atoms with Gasteiger partial charge in [-0.15, -0.1) is 0 Å². The molecule has 4 nitrogen and oxygen atoms in total. The zero-order valence-corrected chi connectivity index (χ0v) is 8.45. The average Bonchev–Trinajstić information content (AvgIpc) is 2.31. The SMILES string of the molecule is OB(O)c1ccccc1Oc1ccncc1. The van der Waals surface area contributed by atoms with Crippen LogP contribution in [0.15, 0.2) is 48.8 Å². The van der Waals surface area contributed by atoms with E-state index in [9.17, 15) is 0 Å². The quantitative estimate of drug-likeness (QED) is 0.734. The Labute approximate surface area is 93.3 Å². The number of para-hydroxylation sites is 1. The highest BCUT2D eigenvalue weighted by molar-refractivity contribution is 6.59. The Morgan fingerprint density at radius 1 is 1.00 bits per heavy atom. The van der Waals surface area contributed by atoms with Crippen molar-refractivity contribution in [3.63, 3.8) is 0 Å². The molecule has 5 heteroatoms. The van der Waals surface area contributed by atoms with E-state index in [-0.39, 0.29) is 0 Å². The molecule has 2 rings (SSSR count). The summed E-state index contributed by atoms with van der Waals surface area (Å²) in [6, 6.07) is 10.1. The topological polar surface area (TPSA) is 62.6 Å². The van der Waals surface area contributed by atoms with Crippen LogP contribution in [-0.4, -0.2) is 22.2 Å². The summed E-state index contributed by atoms with van der Waals surface area (Å²) in [7, 11) is -1.54. The van der Waals surface area contributed by atoms with E-state index in [1.165, 1.54) is 0 Å². The van der Waals surface area contributed by atoms with Crippen LogP contribution in [0, 0.1) is 0 Å². The summed E-state index contributed by atoms with van der Waals surface area (Å²) in [5, 5.41) is 18.3. The monoisotopic (exact) mass is 215 g/mol. The van der Waals surface area contributed by atoms with Gasteiger partial charge in [-0.1, -0.05) is 18.2 Å². The lowest BCUT2D eigenvalue weighted by molar-refractivity contribution is 0.420. The van der Waals surface area contributed by atoms with Gasteiger partial charge in [-0.3, -0.25) is 4.98 Å². The molecule has 0 unspecified atom stereocenters. The molecule has 1 aromatic heterocycles. The number of aromatic nitrogens is 1. The van der Waals surface area contributed by atoms with Gasteiger partial charge in [-0.25, -0.2) is 0 Å². The van der Waals surface area contributed by atoms with Crippen LogP contribution in [-0.2, 0) is 0 Å². The number of pyridine rings is 1.